The van der Waals surface area contributed by atoms with Crippen LogP contribution in [0.5, 0.6) is 6.01 Å². The largest absolute Gasteiger partial charge is 0.450 e. The molecule has 162 valence electrons. The van der Waals surface area contributed by atoms with Gasteiger partial charge in [-0.15, -0.1) is 11.0 Å². The molecule has 0 amide bonds. The van der Waals surface area contributed by atoms with Crippen LogP contribution >= 0.6 is 0 Å². The van der Waals surface area contributed by atoms with Crippen LogP contribution in [-0.4, -0.2) is 31.2 Å². The molecule has 0 bridgehead atoms. The van der Waals surface area contributed by atoms with Crippen LogP contribution in [-0.2, 0) is 0 Å². The van der Waals surface area contributed by atoms with Gasteiger partial charge >= 0.3 is 6.01 Å². The Morgan fingerprint density at radius 1 is 1.29 bits per heavy atom. The van der Waals surface area contributed by atoms with Crippen LogP contribution in [0.3, 0.4) is 0 Å². The minimum absolute atomic E-state index is 0. The molecule has 0 saturated heterocycles. The van der Waals surface area contributed by atoms with Gasteiger partial charge in [-0.3, -0.25) is 0 Å². The maximum Gasteiger partial charge on any atom is 0.319 e. The standard InChI is InChI=1S/C22H20FN7O.3H2/c1-3-4-12-31-22-27-17(19-20(24)29-30-11-5-10-25-21(19)30)13-18(28-22)26-14(2)15-6-8-16(23)9-7-15;;;/h5-11,13-14H,12H2,1-2H3,(H2,24,29)(H,26,27,28);3*1H/t14-;;;/m0.../s1. The number of nitrogens with two attached hydrogens (primary N) is 1. The van der Waals surface area contributed by atoms with Crippen LogP contribution in [0.15, 0.2) is 48.8 Å². The topological polar surface area (TPSA) is 103 Å². The van der Waals surface area contributed by atoms with Crippen molar-refractivity contribution < 1.29 is 13.4 Å². The second-order valence-electron chi connectivity index (χ2n) is 6.70. The minimum Gasteiger partial charge on any atom is -0.450 e. The van der Waals surface area contributed by atoms with Crippen LogP contribution in [0.4, 0.5) is 16.0 Å². The van der Waals surface area contributed by atoms with E-state index in [1.54, 1.807) is 48.1 Å². The molecule has 3 aromatic heterocycles. The van der Waals surface area contributed by atoms with E-state index in [1.165, 1.54) is 12.1 Å². The van der Waals surface area contributed by atoms with Gasteiger partial charge in [-0.05, 0) is 37.6 Å². The summed E-state index contributed by atoms with van der Waals surface area (Å²) < 4.78 is 20.5. The normalized spacial score (nSPS) is 11.6. The highest BCUT2D eigenvalue weighted by atomic mass is 19.1. The summed E-state index contributed by atoms with van der Waals surface area (Å²) in [7, 11) is 0. The van der Waals surface area contributed by atoms with Gasteiger partial charge in [-0.1, -0.05) is 18.1 Å². The number of anilines is 2. The Kier molecular flexibility index (Phi) is 5.62. The number of nitrogens with one attached hydrogen (secondary N) is 1. The van der Waals surface area contributed by atoms with Gasteiger partial charge in [0.1, 0.15) is 11.6 Å². The van der Waals surface area contributed by atoms with E-state index in [-0.39, 0.29) is 34.6 Å². The highest BCUT2D eigenvalue weighted by molar-refractivity contribution is 5.85. The van der Waals surface area contributed by atoms with Gasteiger partial charge in [0.15, 0.2) is 18.1 Å². The second kappa shape index (κ2) is 8.67. The first-order valence-corrected chi connectivity index (χ1v) is 9.58. The molecule has 9 heteroatoms. The van der Waals surface area contributed by atoms with Crippen molar-refractivity contribution in [2.24, 2.45) is 0 Å². The number of hydrogen-bond acceptors (Lipinski definition) is 7. The van der Waals surface area contributed by atoms with Crippen molar-refractivity contribution in [2.75, 3.05) is 17.7 Å². The fourth-order valence-electron chi connectivity index (χ4n) is 3.07. The van der Waals surface area contributed by atoms with Gasteiger partial charge in [0.25, 0.3) is 0 Å². The average Bonchev–Trinajstić information content (AvgIpc) is 3.10. The molecule has 0 saturated carbocycles. The molecule has 0 radical (unpaired) electrons. The van der Waals surface area contributed by atoms with Crippen molar-refractivity contribution in [3.05, 3.63) is 60.2 Å². The van der Waals surface area contributed by atoms with Crippen molar-refractivity contribution in [2.45, 2.75) is 19.9 Å². The molecule has 0 aliphatic rings. The van der Waals surface area contributed by atoms with E-state index in [1.807, 2.05) is 6.92 Å². The van der Waals surface area contributed by atoms with Crippen molar-refractivity contribution >= 4 is 17.3 Å². The quantitative estimate of drug-likeness (QED) is 0.448. The number of benzene rings is 1. The number of nitrogens with zero attached hydrogens (tertiary/aromatic N) is 5. The molecule has 1 atom stereocenters. The fraction of sp³-hybridized carbons (Fsp3) is 0.182. The summed E-state index contributed by atoms with van der Waals surface area (Å²) in [6, 6.07) is 9.78. The lowest BCUT2D eigenvalue weighted by Crippen LogP contribution is -2.10. The number of halogens is 1. The smallest absolute Gasteiger partial charge is 0.319 e. The number of aromatic nitrogens is 5. The Morgan fingerprint density at radius 2 is 2.10 bits per heavy atom. The lowest BCUT2D eigenvalue weighted by molar-refractivity contribution is 0.340. The van der Waals surface area contributed by atoms with Crippen LogP contribution in [0.25, 0.3) is 16.9 Å². The van der Waals surface area contributed by atoms with Crippen LogP contribution in [0.1, 0.15) is 29.7 Å². The summed E-state index contributed by atoms with van der Waals surface area (Å²) in [5, 5.41) is 7.59. The Labute approximate surface area is 182 Å². The summed E-state index contributed by atoms with van der Waals surface area (Å²) in [6.07, 6.45) is 3.42. The van der Waals surface area contributed by atoms with E-state index in [2.05, 4.69) is 37.2 Å². The van der Waals surface area contributed by atoms with Crippen molar-refractivity contribution in [3.8, 4) is 29.1 Å². The Hall–Kier alpha value is -4.19. The number of ether oxygens (including phenoxy) is 1. The molecule has 1 aromatic carbocycles. The zero-order valence-electron chi connectivity index (χ0n) is 17.0. The number of hydrogen-bond donors (Lipinski definition) is 2. The minimum atomic E-state index is -0.288. The lowest BCUT2D eigenvalue weighted by atomic mass is 10.1. The van der Waals surface area contributed by atoms with Gasteiger partial charge in [0, 0.05) is 28.8 Å². The first-order chi connectivity index (χ1) is 15.0. The Morgan fingerprint density at radius 3 is 2.87 bits per heavy atom. The van der Waals surface area contributed by atoms with Crippen molar-refractivity contribution in [1.29, 1.82) is 0 Å². The van der Waals surface area contributed by atoms with Gasteiger partial charge < -0.3 is 15.8 Å². The van der Waals surface area contributed by atoms with E-state index < -0.39 is 0 Å². The SMILES string of the molecule is CC#CCOc1nc(N[C@@H](C)c2ccc(F)cc2)cc(-c2c(N)nn3cccnc23)n1.[HH].[HH].[HH]. The zero-order chi connectivity index (χ0) is 21.8. The van der Waals surface area contributed by atoms with Crippen LogP contribution < -0.4 is 15.8 Å². The fourth-order valence-corrected chi connectivity index (χ4v) is 3.07. The van der Waals surface area contributed by atoms with Gasteiger partial charge in [-0.2, -0.15) is 9.97 Å². The number of rotatable bonds is 6. The molecule has 8 nitrogen and oxygen atoms in total. The molecule has 3 heterocycles. The zero-order valence-corrected chi connectivity index (χ0v) is 17.0. The maximum absolute atomic E-state index is 13.3. The van der Waals surface area contributed by atoms with E-state index in [4.69, 9.17) is 10.5 Å². The molecule has 0 fully saturated rings. The molecule has 4 aromatic rings. The molecule has 0 aliphatic carbocycles. The molecular weight excluding hydrogens is 397 g/mol. The Balaban J connectivity index is 0.00000193. The lowest BCUT2D eigenvalue weighted by Gasteiger charge is -2.16. The van der Waals surface area contributed by atoms with Gasteiger partial charge in [0.05, 0.1) is 11.3 Å². The van der Waals surface area contributed by atoms with E-state index in [0.29, 0.717) is 22.7 Å². The summed E-state index contributed by atoms with van der Waals surface area (Å²) in [6.45, 7) is 3.82. The molecule has 3 N–H and O–H groups in total. The highest BCUT2D eigenvalue weighted by Gasteiger charge is 2.18. The van der Waals surface area contributed by atoms with Gasteiger partial charge in [0.2, 0.25) is 0 Å². The summed E-state index contributed by atoms with van der Waals surface area (Å²) in [4.78, 5) is 13.3. The maximum atomic E-state index is 13.3. The highest BCUT2D eigenvalue weighted by Crippen LogP contribution is 2.31. The second-order valence-corrected chi connectivity index (χ2v) is 6.70. The number of fused-ring (bicyclic) bond motifs is 1. The molecular formula is C22H26FN7O. The molecule has 4 rings (SSSR count). The van der Waals surface area contributed by atoms with E-state index in [0.717, 1.165) is 5.56 Å². The van der Waals surface area contributed by atoms with Crippen LogP contribution in [0, 0.1) is 17.7 Å². The first kappa shape index (κ1) is 20.1. The van der Waals surface area contributed by atoms with E-state index in [9.17, 15) is 4.39 Å². The monoisotopic (exact) mass is 423 g/mol. The predicted molar refractivity (Wildman–Crippen MR) is 122 cm³/mol. The van der Waals surface area contributed by atoms with Crippen molar-refractivity contribution in [1.82, 2.24) is 24.6 Å². The van der Waals surface area contributed by atoms with Crippen LogP contribution in [0.2, 0.25) is 0 Å². The molecule has 0 unspecified atom stereocenters. The Bertz CT molecular complexity index is 1290. The summed E-state index contributed by atoms with van der Waals surface area (Å²) >= 11 is 0. The third kappa shape index (κ3) is 4.38. The van der Waals surface area contributed by atoms with Crippen molar-refractivity contribution in [3.63, 3.8) is 0 Å². The van der Waals surface area contributed by atoms with Gasteiger partial charge in [-0.25, -0.2) is 13.9 Å². The van der Waals surface area contributed by atoms with E-state index >= 15 is 0 Å². The molecule has 0 spiro atoms. The average molecular weight is 423 g/mol. The summed E-state index contributed by atoms with van der Waals surface area (Å²) in [5.41, 5.74) is 8.71. The predicted octanol–water partition coefficient (Wildman–Crippen LogP) is 4.22. The number of nitrogen functional groups attached to an aromatic ring is 1. The summed E-state index contributed by atoms with van der Waals surface area (Å²) in [5.74, 6) is 6.10. The molecule has 31 heavy (non-hydrogen) atoms. The molecule has 0 aliphatic heterocycles. The third-order valence-electron chi connectivity index (χ3n) is 4.57. The first-order valence-electron chi connectivity index (χ1n) is 9.58. The third-order valence-corrected chi connectivity index (χ3v) is 4.57.